The van der Waals surface area contributed by atoms with E-state index in [4.69, 9.17) is 5.73 Å². The molecule has 17 heavy (non-hydrogen) atoms. The van der Waals surface area contributed by atoms with Gasteiger partial charge in [0.15, 0.2) is 0 Å². The minimum Gasteiger partial charge on any atom is -0.321 e. The highest BCUT2D eigenvalue weighted by molar-refractivity contribution is 5.83. The van der Waals surface area contributed by atoms with Gasteiger partial charge in [0, 0.05) is 0 Å². The first-order valence-corrected chi connectivity index (χ1v) is 6.28. The molecule has 0 radical (unpaired) electrons. The molecule has 2 aromatic carbocycles. The van der Waals surface area contributed by atoms with Gasteiger partial charge in [0.1, 0.15) is 0 Å². The zero-order chi connectivity index (χ0) is 11.7. The summed E-state index contributed by atoms with van der Waals surface area (Å²) in [7, 11) is 0. The van der Waals surface area contributed by atoms with Gasteiger partial charge in [0.2, 0.25) is 0 Å². The van der Waals surface area contributed by atoms with E-state index in [9.17, 15) is 0 Å². The van der Waals surface area contributed by atoms with Gasteiger partial charge in [0.25, 0.3) is 0 Å². The van der Waals surface area contributed by atoms with Crippen molar-refractivity contribution in [1.82, 2.24) is 0 Å². The molecule has 0 spiro atoms. The van der Waals surface area contributed by atoms with Gasteiger partial charge >= 0.3 is 0 Å². The monoisotopic (exact) mass is 223 g/mol. The van der Waals surface area contributed by atoms with Crippen LogP contribution in [-0.2, 0) is 0 Å². The predicted octanol–water partition coefficient (Wildman–Crippen LogP) is 3.95. The largest absolute Gasteiger partial charge is 0.321 e. The molecular formula is C16H17N. The predicted molar refractivity (Wildman–Crippen MR) is 72.8 cm³/mol. The van der Waals surface area contributed by atoms with Crippen LogP contribution >= 0.6 is 0 Å². The summed E-state index contributed by atoms with van der Waals surface area (Å²) in [5.74, 6) is 0. The maximum atomic E-state index is 6.32. The number of hydrogen-bond donors (Lipinski definition) is 1. The molecule has 0 heterocycles. The van der Waals surface area contributed by atoms with Crippen molar-refractivity contribution in [2.45, 2.75) is 25.3 Å². The van der Waals surface area contributed by atoms with Crippen LogP contribution in [-0.4, -0.2) is 0 Å². The van der Waals surface area contributed by atoms with E-state index in [2.05, 4.69) is 48.5 Å². The van der Waals surface area contributed by atoms with Crippen molar-refractivity contribution in [2.75, 3.05) is 0 Å². The number of fused-ring (bicyclic) bond motifs is 1. The van der Waals surface area contributed by atoms with Gasteiger partial charge in [-0.2, -0.15) is 0 Å². The van der Waals surface area contributed by atoms with E-state index in [1.807, 2.05) is 0 Å². The molecule has 2 N–H and O–H groups in total. The van der Waals surface area contributed by atoms with Crippen LogP contribution in [0.1, 0.15) is 30.9 Å². The molecule has 3 rings (SSSR count). The molecule has 1 nitrogen and oxygen atoms in total. The minimum absolute atomic E-state index is 0.0853. The quantitative estimate of drug-likeness (QED) is 0.766. The van der Waals surface area contributed by atoms with Crippen molar-refractivity contribution < 1.29 is 0 Å². The average molecular weight is 223 g/mol. The number of nitrogens with two attached hydrogens (primary N) is 1. The van der Waals surface area contributed by atoms with E-state index in [1.54, 1.807) is 0 Å². The Hall–Kier alpha value is -1.60. The van der Waals surface area contributed by atoms with E-state index in [-0.39, 0.29) is 6.04 Å². The number of hydrogen-bond acceptors (Lipinski definition) is 1. The third kappa shape index (κ3) is 1.98. The van der Waals surface area contributed by atoms with Crippen LogP contribution in [0.15, 0.2) is 54.1 Å². The molecule has 0 saturated carbocycles. The van der Waals surface area contributed by atoms with Crippen molar-refractivity contribution in [2.24, 2.45) is 5.73 Å². The Morgan fingerprint density at radius 2 is 1.82 bits per heavy atom. The summed E-state index contributed by atoms with van der Waals surface area (Å²) in [6, 6.07) is 15.1. The van der Waals surface area contributed by atoms with Gasteiger partial charge in [-0.1, -0.05) is 48.0 Å². The van der Waals surface area contributed by atoms with E-state index in [0.29, 0.717) is 0 Å². The first-order valence-electron chi connectivity index (χ1n) is 6.28. The van der Waals surface area contributed by atoms with Gasteiger partial charge in [-0.25, -0.2) is 0 Å². The lowest BCUT2D eigenvalue weighted by atomic mass is 9.96. The third-order valence-electron chi connectivity index (χ3n) is 3.61. The van der Waals surface area contributed by atoms with Crippen molar-refractivity contribution >= 4 is 10.8 Å². The lowest BCUT2D eigenvalue weighted by molar-refractivity contribution is 0.786. The van der Waals surface area contributed by atoms with Crippen molar-refractivity contribution in [3.8, 4) is 0 Å². The summed E-state index contributed by atoms with van der Waals surface area (Å²) in [4.78, 5) is 0. The lowest BCUT2D eigenvalue weighted by Crippen LogP contribution is -2.12. The molecule has 2 aromatic rings. The third-order valence-corrected chi connectivity index (χ3v) is 3.61. The standard InChI is InChI=1S/C16H17N/c17-16(13-6-2-3-7-13)15-10-9-12-5-1-4-8-14(12)11-15/h1,4-6,8-11,16H,2-3,7,17H2. The van der Waals surface area contributed by atoms with Gasteiger partial charge in [0.05, 0.1) is 6.04 Å². The lowest BCUT2D eigenvalue weighted by Gasteiger charge is -2.14. The van der Waals surface area contributed by atoms with Crippen LogP contribution < -0.4 is 5.73 Å². The molecule has 1 atom stereocenters. The first kappa shape index (κ1) is 10.5. The van der Waals surface area contributed by atoms with Gasteiger partial charge in [-0.3, -0.25) is 0 Å². The highest BCUT2D eigenvalue weighted by atomic mass is 14.6. The fourth-order valence-corrected chi connectivity index (χ4v) is 2.59. The van der Waals surface area contributed by atoms with Crippen molar-refractivity contribution in [3.63, 3.8) is 0 Å². The highest BCUT2D eigenvalue weighted by Gasteiger charge is 2.14. The maximum absolute atomic E-state index is 6.32. The fourth-order valence-electron chi connectivity index (χ4n) is 2.59. The van der Waals surface area contributed by atoms with Gasteiger partial charge in [-0.05, 0) is 41.7 Å². The number of benzene rings is 2. The molecule has 0 aromatic heterocycles. The second kappa shape index (κ2) is 4.34. The second-order valence-electron chi connectivity index (χ2n) is 4.76. The van der Waals surface area contributed by atoms with Crippen molar-refractivity contribution in [1.29, 1.82) is 0 Å². The number of allylic oxidation sites excluding steroid dienone is 1. The topological polar surface area (TPSA) is 26.0 Å². The molecule has 0 amide bonds. The Bertz CT molecular complexity index is 569. The normalized spacial score (nSPS) is 17.1. The summed E-state index contributed by atoms with van der Waals surface area (Å²) < 4.78 is 0. The van der Waals surface area contributed by atoms with Crippen LogP contribution in [0.3, 0.4) is 0 Å². The van der Waals surface area contributed by atoms with E-state index in [0.717, 1.165) is 6.42 Å². The fraction of sp³-hybridized carbons (Fsp3) is 0.250. The average Bonchev–Trinajstić information content (AvgIpc) is 2.91. The summed E-state index contributed by atoms with van der Waals surface area (Å²) in [6.07, 6.45) is 5.92. The molecule has 0 bridgehead atoms. The van der Waals surface area contributed by atoms with Gasteiger partial charge < -0.3 is 5.73 Å². The maximum Gasteiger partial charge on any atom is 0.0511 e. The Balaban J connectivity index is 2.00. The summed E-state index contributed by atoms with van der Waals surface area (Å²) >= 11 is 0. The van der Waals surface area contributed by atoms with Crippen LogP contribution in [0, 0.1) is 0 Å². The number of rotatable bonds is 2. The molecule has 1 unspecified atom stereocenters. The van der Waals surface area contributed by atoms with Crippen molar-refractivity contribution in [3.05, 3.63) is 59.7 Å². The molecule has 1 heteroatoms. The molecule has 1 aliphatic carbocycles. The second-order valence-corrected chi connectivity index (χ2v) is 4.76. The minimum atomic E-state index is 0.0853. The Labute approximate surface area is 102 Å². The SMILES string of the molecule is NC(C1=CCCC1)c1ccc2ccccc2c1. The van der Waals surface area contributed by atoms with Gasteiger partial charge in [-0.15, -0.1) is 0 Å². The Kier molecular flexibility index (Phi) is 2.69. The van der Waals surface area contributed by atoms with Crippen LogP contribution in [0.25, 0.3) is 10.8 Å². The van der Waals surface area contributed by atoms with E-state index < -0.39 is 0 Å². The van der Waals surface area contributed by atoms with Crippen LogP contribution in [0.4, 0.5) is 0 Å². The molecule has 0 aliphatic heterocycles. The van der Waals surface area contributed by atoms with Crippen LogP contribution in [0.2, 0.25) is 0 Å². The summed E-state index contributed by atoms with van der Waals surface area (Å²) in [5, 5.41) is 2.56. The van der Waals surface area contributed by atoms with E-state index >= 15 is 0 Å². The zero-order valence-corrected chi connectivity index (χ0v) is 9.89. The van der Waals surface area contributed by atoms with E-state index in [1.165, 1.54) is 34.8 Å². The van der Waals surface area contributed by atoms with Crippen LogP contribution in [0.5, 0.6) is 0 Å². The highest BCUT2D eigenvalue weighted by Crippen LogP contribution is 2.30. The Morgan fingerprint density at radius 1 is 1.00 bits per heavy atom. The molecule has 0 saturated heterocycles. The molecular weight excluding hydrogens is 206 g/mol. The summed E-state index contributed by atoms with van der Waals surface area (Å²) in [6.45, 7) is 0. The smallest absolute Gasteiger partial charge is 0.0511 e. The zero-order valence-electron chi connectivity index (χ0n) is 9.89. The molecule has 86 valence electrons. The summed E-state index contributed by atoms with van der Waals surface area (Å²) in [5.41, 5.74) is 8.96. The molecule has 1 aliphatic rings. The first-order chi connectivity index (χ1) is 8.34. The molecule has 0 fully saturated rings. The Morgan fingerprint density at radius 3 is 2.59 bits per heavy atom.